The molecule has 1 amide bonds. The van der Waals surface area contributed by atoms with Crippen LogP contribution in [0.5, 0.6) is 0 Å². The molecule has 0 spiro atoms. The number of rotatable bonds is 5. The van der Waals surface area contributed by atoms with E-state index in [0.29, 0.717) is 19.0 Å². The maximum atomic E-state index is 12.5. The molecule has 0 aliphatic heterocycles. The van der Waals surface area contributed by atoms with Crippen LogP contribution in [0.4, 0.5) is 0 Å². The zero-order valence-electron chi connectivity index (χ0n) is 11.5. The van der Waals surface area contributed by atoms with E-state index in [1.165, 1.54) is 12.1 Å². The van der Waals surface area contributed by atoms with Gasteiger partial charge in [0.2, 0.25) is 10.0 Å². The molecule has 2 rings (SSSR count). The summed E-state index contributed by atoms with van der Waals surface area (Å²) in [7, 11) is -4.04. The van der Waals surface area contributed by atoms with Crippen molar-refractivity contribution in [3.8, 4) is 0 Å². The highest BCUT2D eigenvalue weighted by Gasteiger charge is 2.27. The number of primary sulfonamides is 1. The smallest absolute Gasteiger partial charge is 0.253 e. The largest absolute Gasteiger partial charge is 0.339 e. The highest BCUT2D eigenvalue weighted by atomic mass is 35.5. The van der Waals surface area contributed by atoms with Crippen LogP contribution in [0.15, 0.2) is 17.0 Å². The summed E-state index contributed by atoms with van der Waals surface area (Å²) in [5.41, 5.74) is 0.177. The van der Waals surface area contributed by atoms with Gasteiger partial charge in [-0.3, -0.25) is 4.79 Å². The summed E-state index contributed by atoms with van der Waals surface area (Å²) in [6.45, 7) is 3.08. The topological polar surface area (TPSA) is 80.5 Å². The van der Waals surface area contributed by atoms with Gasteiger partial charge in [-0.15, -0.1) is 0 Å². The number of carbonyl (C=O) groups is 1. The third-order valence-electron chi connectivity index (χ3n) is 3.39. The lowest BCUT2D eigenvalue weighted by molar-refractivity contribution is 0.0756. The summed E-state index contributed by atoms with van der Waals surface area (Å²) < 4.78 is 23.0. The Balaban J connectivity index is 2.38. The van der Waals surface area contributed by atoms with Gasteiger partial charge in [0.15, 0.2) is 0 Å². The van der Waals surface area contributed by atoms with Gasteiger partial charge < -0.3 is 4.90 Å². The lowest BCUT2D eigenvalue weighted by Gasteiger charge is -2.21. The van der Waals surface area contributed by atoms with Crippen LogP contribution in [0, 0.1) is 5.92 Å². The van der Waals surface area contributed by atoms with Crippen LogP contribution in [0.2, 0.25) is 10.0 Å². The number of nitrogens with two attached hydrogens (primary N) is 1. The zero-order chi connectivity index (χ0) is 15.8. The highest BCUT2D eigenvalue weighted by Crippen LogP contribution is 2.32. The normalized spacial score (nSPS) is 15.0. The molecule has 0 heterocycles. The zero-order valence-corrected chi connectivity index (χ0v) is 13.8. The van der Waals surface area contributed by atoms with Crippen molar-refractivity contribution in [3.05, 3.63) is 27.7 Å². The van der Waals surface area contributed by atoms with E-state index in [0.717, 1.165) is 12.8 Å². The minimum absolute atomic E-state index is 0.00554. The van der Waals surface area contributed by atoms with E-state index in [1.54, 1.807) is 4.90 Å². The van der Waals surface area contributed by atoms with Crippen LogP contribution in [-0.4, -0.2) is 32.3 Å². The van der Waals surface area contributed by atoms with Crippen molar-refractivity contribution in [2.75, 3.05) is 13.1 Å². The summed E-state index contributed by atoms with van der Waals surface area (Å²) in [5, 5.41) is 4.93. The van der Waals surface area contributed by atoms with Gasteiger partial charge in [-0.05, 0) is 37.8 Å². The minimum atomic E-state index is -4.04. The molecule has 0 radical (unpaired) electrons. The van der Waals surface area contributed by atoms with Crippen molar-refractivity contribution in [1.82, 2.24) is 4.90 Å². The molecule has 0 unspecified atom stereocenters. The van der Waals surface area contributed by atoms with Crippen LogP contribution < -0.4 is 5.14 Å². The number of benzene rings is 1. The van der Waals surface area contributed by atoms with E-state index < -0.39 is 10.0 Å². The first-order valence-corrected chi connectivity index (χ1v) is 8.85. The Kier molecular flexibility index (Phi) is 4.82. The average molecular weight is 351 g/mol. The van der Waals surface area contributed by atoms with Crippen molar-refractivity contribution in [2.24, 2.45) is 11.1 Å². The Morgan fingerprint density at radius 2 is 2.00 bits per heavy atom. The van der Waals surface area contributed by atoms with E-state index in [4.69, 9.17) is 28.3 Å². The van der Waals surface area contributed by atoms with Gasteiger partial charge in [0.25, 0.3) is 5.91 Å². The first-order valence-electron chi connectivity index (χ1n) is 6.55. The second-order valence-electron chi connectivity index (χ2n) is 5.10. The highest BCUT2D eigenvalue weighted by molar-refractivity contribution is 7.89. The maximum Gasteiger partial charge on any atom is 0.253 e. The van der Waals surface area contributed by atoms with Gasteiger partial charge in [-0.1, -0.05) is 23.2 Å². The van der Waals surface area contributed by atoms with Gasteiger partial charge in [-0.2, -0.15) is 0 Å². The number of sulfonamides is 1. The first-order chi connectivity index (χ1) is 9.74. The molecule has 8 heteroatoms. The molecule has 1 fully saturated rings. The van der Waals surface area contributed by atoms with Crippen molar-refractivity contribution >= 4 is 39.1 Å². The Bertz CT molecular complexity index is 672. The molecule has 21 heavy (non-hydrogen) atoms. The quantitative estimate of drug-likeness (QED) is 0.885. The Hall–Kier alpha value is -0.820. The van der Waals surface area contributed by atoms with Crippen molar-refractivity contribution in [2.45, 2.75) is 24.7 Å². The number of hydrogen-bond acceptors (Lipinski definition) is 3. The van der Waals surface area contributed by atoms with Crippen molar-refractivity contribution in [3.63, 3.8) is 0 Å². The Morgan fingerprint density at radius 3 is 2.48 bits per heavy atom. The van der Waals surface area contributed by atoms with Crippen LogP contribution in [0.25, 0.3) is 0 Å². The van der Waals surface area contributed by atoms with Gasteiger partial charge >= 0.3 is 0 Å². The van der Waals surface area contributed by atoms with E-state index in [9.17, 15) is 13.2 Å². The summed E-state index contributed by atoms with van der Waals surface area (Å²) in [6, 6.07) is 2.55. The summed E-state index contributed by atoms with van der Waals surface area (Å²) >= 11 is 11.8. The molecule has 1 aliphatic carbocycles. The number of nitrogens with zero attached hydrogens (tertiary/aromatic N) is 1. The molecule has 1 aliphatic rings. The van der Waals surface area contributed by atoms with Crippen LogP contribution in [0.1, 0.15) is 30.1 Å². The molecule has 1 saturated carbocycles. The van der Waals surface area contributed by atoms with Crippen LogP contribution in [-0.2, 0) is 10.0 Å². The van der Waals surface area contributed by atoms with Crippen LogP contribution in [0.3, 0.4) is 0 Å². The molecule has 0 bridgehead atoms. The molecule has 5 nitrogen and oxygen atoms in total. The fraction of sp³-hybridized carbons (Fsp3) is 0.462. The number of hydrogen-bond donors (Lipinski definition) is 1. The molecule has 1 aromatic rings. The Labute approximate surface area is 134 Å². The lowest BCUT2D eigenvalue weighted by Crippen LogP contribution is -2.33. The monoisotopic (exact) mass is 350 g/mol. The van der Waals surface area contributed by atoms with Crippen LogP contribution >= 0.6 is 23.2 Å². The average Bonchev–Trinajstić information content (AvgIpc) is 3.20. The molecule has 0 atom stereocenters. The third-order valence-corrected chi connectivity index (χ3v) is 5.24. The molecule has 2 N–H and O–H groups in total. The van der Waals surface area contributed by atoms with Crippen molar-refractivity contribution < 1.29 is 13.2 Å². The molecular weight excluding hydrogens is 335 g/mol. The number of carbonyl (C=O) groups excluding carboxylic acids is 1. The third kappa shape index (κ3) is 3.88. The molecule has 116 valence electrons. The maximum absolute atomic E-state index is 12.5. The number of amides is 1. The summed E-state index contributed by atoms with van der Waals surface area (Å²) in [5.74, 6) is 0.266. The van der Waals surface area contributed by atoms with Gasteiger partial charge in [0.05, 0.1) is 10.0 Å². The van der Waals surface area contributed by atoms with Gasteiger partial charge in [0, 0.05) is 18.7 Å². The number of halogens is 2. The minimum Gasteiger partial charge on any atom is -0.339 e. The van der Waals surface area contributed by atoms with Gasteiger partial charge in [0.1, 0.15) is 4.90 Å². The molecule has 1 aromatic carbocycles. The van der Waals surface area contributed by atoms with E-state index in [1.807, 2.05) is 6.92 Å². The fourth-order valence-electron chi connectivity index (χ4n) is 2.04. The summed E-state index contributed by atoms with van der Waals surface area (Å²) in [4.78, 5) is 13.8. The summed E-state index contributed by atoms with van der Waals surface area (Å²) in [6.07, 6.45) is 2.24. The second-order valence-corrected chi connectivity index (χ2v) is 7.42. The lowest BCUT2D eigenvalue weighted by atomic mass is 10.2. The fourth-order valence-corrected chi connectivity index (χ4v) is 3.40. The Morgan fingerprint density at radius 1 is 1.38 bits per heavy atom. The predicted octanol–water partition coefficient (Wildman–Crippen LogP) is 2.51. The van der Waals surface area contributed by atoms with E-state index >= 15 is 0 Å². The van der Waals surface area contributed by atoms with Crippen molar-refractivity contribution in [1.29, 1.82) is 0 Å². The first kappa shape index (κ1) is 16.5. The standard InChI is InChI=1S/C13H16Cl2N2O3S/c1-2-17(7-8-3-4-8)13(18)9-5-10(14)12(15)11(6-9)21(16,19)20/h5-6,8H,2-4,7H2,1H3,(H2,16,19,20). The second kappa shape index (κ2) is 6.12. The van der Waals surface area contributed by atoms with E-state index in [2.05, 4.69) is 0 Å². The van der Waals surface area contributed by atoms with Gasteiger partial charge in [-0.25, -0.2) is 13.6 Å². The predicted molar refractivity (Wildman–Crippen MR) is 82.1 cm³/mol. The SMILES string of the molecule is CCN(CC1CC1)C(=O)c1cc(Cl)c(Cl)c(S(N)(=O)=O)c1. The molecule has 0 aromatic heterocycles. The molecular formula is C13H16Cl2N2O3S. The molecule has 0 saturated heterocycles. The van der Waals surface area contributed by atoms with E-state index in [-0.39, 0.29) is 26.4 Å².